The molecule has 0 radical (unpaired) electrons. The SMILES string of the molecule is Cc1ccc2[nH]cc(C(=O)C3Cc4ccccc4C3)c2c1. The van der Waals surface area contributed by atoms with Gasteiger partial charge in [-0.25, -0.2) is 0 Å². The maximum Gasteiger partial charge on any atom is 0.168 e. The van der Waals surface area contributed by atoms with E-state index in [9.17, 15) is 4.79 Å². The lowest BCUT2D eigenvalue weighted by atomic mass is 9.94. The lowest BCUT2D eigenvalue weighted by Crippen LogP contribution is -2.14. The summed E-state index contributed by atoms with van der Waals surface area (Å²) in [6.07, 6.45) is 3.61. The van der Waals surface area contributed by atoms with E-state index >= 15 is 0 Å². The maximum atomic E-state index is 12.9. The number of aromatic amines is 1. The van der Waals surface area contributed by atoms with Gasteiger partial charge in [0.05, 0.1) is 0 Å². The molecule has 1 aliphatic carbocycles. The molecule has 0 aliphatic heterocycles. The molecule has 1 aromatic heterocycles. The van der Waals surface area contributed by atoms with Gasteiger partial charge in [0.2, 0.25) is 0 Å². The molecule has 21 heavy (non-hydrogen) atoms. The van der Waals surface area contributed by atoms with Crippen molar-refractivity contribution in [2.45, 2.75) is 19.8 Å². The summed E-state index contributed by atoms with van der Waals surface area (Å²) < 4.78 is 0. The zero-order chi connectivity index (χ0) is 14.4. The summed E-state index contributed by atoms with van der Waals surface area (Å²) >= 11 is 0. The van der Waals surface area contributed by atoms with E-state index in [1.54, 1.807) is 0 Å². The minimum Gasteiger partial charge on any atom is -0.360 e. The molecular formula is C19H17NO. The van der Waals surface area contributed by atoms with Crippen LogP contribution in [-0.4, -0.2) is 10.8 Å². The highest BCUT2D eigenvalue weighted by Crippen LogP contribution is 2.31. The topological polar surface area (TPSA) is 32.9 Å². The molecule has 1 aliphatic rings. The van der Waals surface area contributed by atoms with Crippen LogP contribution in [0.4, 0.5) is 0 Å². The summed E-state index contributed by atoms with van der Waals surface area (Å²) in [7, 11) is 0. The van der Waals surface area contributed by atoms with Gasteiger partial charge in [0.15, 0.2) is 5.78 Å². The van der Waals surface area contributed by atoms with Gasteiger partial charge in [-0.05, 0) is 43.0 Å². The maximum absolute atomic E-state index is 12.9. The zero-order valence-electron chi connectivity index (χ0n) is 12.0. The standard InChI is InChI=1S/C19H17NO/c1-12-6-7-18-16(8-12)17(11-20-18)19(21)15-9-13-4-2-3-5-14(13)10-15/h2-8,11,15,20H,9-10H2,1H3. The van der Waals surface area contributed by atoms with Crippen LogP contribution in [0.25, 0.3) is 10.9 Å². The van der Waals surface area contributed by atoms with Crippen molar-refractivity contribution < 1.29 is 4.79 Å². The number of nitrogens with one attached hydrogen (secondary N) is 1. The van der Waals surface area contributed by atoms with Crippen molar-refractivity contribution in [3.63, 3.8) is 0 Å². The number of ketones is 1. The van der Waals surface area contributed by atoms with Gasteiger partial charge < -0.3 is 4.98 Å². The first kappa shape index (κ1) is 12.4. The average molecular weight is 275 g/mol. The van der Waals surface area contributed by atoms with Crippen LogP contribution >= 0.6 is 0 Å². The van der Waals surface area contributed by atoms with Crippen LogP contribution in [0.2, 0.25) is 0 Å². The number of Topliss-reactive ketones (excluding diaryl/α,β-unsaturated/α-hetero) is 1. The van der Waals surface area contributed by atoms with Crippen molar-refractivity contribution in [2.24, 2.45) is 5.92 Å². The van der Waals surface area contributed by atoms with Gasteiger partial charge in [0, 0.05) is 28.6 Å². The van der Waals surface area contributed by atoms with E-state index in [-0.39, 0.29) is 11.7 Å². The number of carbonyl (C=O) groups excluding carboxylic acids is 1. The van der Waals surface area contributed by atoms with E-state index in [1.807, 2.05) is 12.3 Å². The highest BCUT2D eigenvalue weighted by Gasteiger charge is 2.29. The van der Waals surface area contributed by atoms with Gasteiger partial charge in [-0.1, -0.05) is 35.9 Å². The molecule has 104 valence electrons. The summed E-state index contributed by atoms with van der Waals surface area (Å²) in [4.78, 5) is 16.1. The molecule has 4 rings (SSSR count). The Morgan fingerprint density at radius 1 is 1.10 bits per heavy atom. The summed E-state index contributed by atoms with van der Waals surface area (Å²) in [5.41, 5.74) is 5.72. The van der Waals surface area contributed by atoms with Gasteiger partial charge in [-0.3, -0.25) is 4.79 Å². The molecule has 1 N–H and O–H groups in total. The predicted molar refractivity (Wildman–Crippen MR) is 84.7 cm³/mol. The summed E-state index contributed by atoms with van der Waals surface area (Å²) in [5, 5.41) is 1.05. The third-order valence-corrected chi connectivity index (χ3v) is 4.52. The third kappa shape index (κ3) is 1.99. The second-order valence-corrected chi connectivity index (χ2v) is 5.99. The highest BCUT2D eigenvalue weighted by atomic mass is 16.1. The quantitative estimate of drug-likeness (QED) is 0.702. The lowest BCUT2D eigenvalue weighted by Gasteiger charge is -2.07. The second kappa shape index (κ2) is 4.59. The van der Waals surface area contributed by atoms with Crippen LogP contribution in [0.1, 0.15) is 27.0 Å². The molecule has 0 spiro atoms. The lowest BCUT2D eigenvalue weighted by molar-refractivity contribution is 0.0926. The van der Waals surface area contributed by atoms with Crippen molar-refractivity contribution in [1.82, 2.24) is 4.98 Å². The minimum absolute atomic E-state index is 0.0851. The largest absolute Gasteiger partial charge is 0.360 e. The van der Waals surface area contributed by atoms with Crippen molar-refractivity contribution in [3.05, 3.63) is 70.9 Å². The Morgan fingerprint density at radius 2 is 1.81 bits per heavy atom. The number of fused-ring (bicyclic) bond motifs is 2. The molecule has 0 amide bonds. The fourth-order valence-electron chi connectivity index (χ4n) is 3.40. The van der Waals surface area contributed by atoms with Gasteiger partial charge in [0.1, 0.15) is 0 Å². The van der Waals surface area contributed by atoms with E-state index in [4.69, 9.17) is 0 Å². The molecule has 2 nitrogen and oxygen atoms in total. The summed E-state index contributed by atoms with van der Waals surface area (Å²) in [6.45, 7) is 2.06. The predicted octanol–water partition coefficient (Wildman–Crippen LogP) is 4.07. The number of rotatable bonds is 2. The molecule has 2 heteroatoms. The summed E-state index contributed by atoms with van der Waals surface area (Å²) in [5.74, 6) is 0.352. The Kier molecular flexibility index (Phi) is 2.71. The molecular weight excluding hydrogens is 258 g/mol. The van der Waals surface area contributed by atoms with Crippen LogP contribution < -0.4 is 0 Å². The Balaban J connectivity index is 1.70. The van der Waals surface area contributed by atoms with Crippen molar-refractivity contribution in [2.75, 3.05) is 0 Å². The van der Waals surface area contributed by atoms with Crippen molar-refractivity contribution >= 4 is 16.7 Å². The van der Waals surface area contributed by atoms with Crippen molar-refractivity contribution in [3.8, 4) is 0 Å². The number of aryl methyl sites for hydroxylation is 1. The Morgan fingerprint density at radius 3 is 2.52 bits per heavy atom. The van der Waals surface area contributed by atoms with E-state index in [1.165, 1.54) is 16.7 Å². The molecule has 2 aromatic carbocycles. The number of H-pyrrole nitrogens is 1. The van der Waals surface area contributed by atoms with Crippen LogP contribution in [-0.2, 0) is 12.8 Å². The van der Waals surface area contributed by atoms with E-state index in [0.717, 1.165) is 29.3 Å². The molecule has 0 atom stereocenters. The molecule has 0 fully saturated rings. The molecule has 0 saturated heterocycles. The third-order valence-electron chi connectivity index (χ3n) is 4.52. The Labute approximate surface area is 123 Å². The highest BCUT2D eigenvalue weighted by molar-refractivity contribution is 6.09. The number of carbonyl (C=O) groups is 1. The van der Waals surface area contributed by atoms with E-state index < -0.39 is 0 Å². The number of hydrogen-bond acceptors (Lipinski definition) is 1. The normalized spacial score (nSPS) is 14.5. The molecule has 3 aromatic rings. The fourth-order valence-corrected chi connectivity index (χ4v) is 3.40. The molecule has 1 heterocycles. The van der Waals surface area contributed by atoms with E-state index in [0.29, 0.717) is 0 Å². The summed E-state index contributed by atoms with van der Waals surface area (Å²) in [6, 6.07) is 14.6. The zero-order valence-corrected chi connectivity index (χ0v) is 12.0. The smallest absolute Gasteiger partial charge is 0.168 e. The van der Waals surface area contributed by atoms with Crippen LogP contribution in [0, 0.1) is 12.8 Å². The first-order valence-electron chi connectivity index (χ1n) is 7.41. The number of aromatic nitrogens is 1. The molecule has 0 bridgehead atoms. The van der Waals surface area contributed by atoms with Gasteiger partial charge in [-0.15, -0.1) is 0 Å². The first-order chi connectivity index (χ1) is 10.2. The fraction of sp³-hybridized carbons (Fsp3) is 0.211. The first-order valence-corrected chi connectivity index (χ1v) is 7.41. The van der Waals surface area contributed by atoms with Gasteiger partial charge in [0.25, 0.3) is 0 Å². The Hall–Kier alpha value is -2.35. The Bertz CT molecular complexity index is 819. The van der Waals surface area contributed by atoms with Crippen LogP contribution in [0.5, 0.6) is 0 Å². The van der Waals surface area contributed by atoms with Gasteiger partial charge in [-0.2, -0.15) is 0 Å². The number of benzene rings is 2. The monoisotopic (exact) mass is 275 g/mol. The van der Waals surface area contributed by atoms with Gasteiger partial charge >= 0.3 is 0 Å². The van der Waals surface area contributed by atoms with Crippen LogP contribution in [0.15, 0.2) is 48.7 Å². The minimum atomic E-state index is 0.0851. The van der Waals surface area contributed by atoms with E-state index in [2.05, 4.69) is 48.3 Å². The van der Waals surface area contributed by atoms with Crippen LogP contribution in [0.3, 0.4) is 0 Å². The average Bonchev–Trinajstić information content (AvgIpc) is 3.09. The number of hydrogen-bond donors (Lipinski definition) is 1. The second-order valence-electron chi connectivity index (χ2n) is 5.99. The molecule has 0 unspecified atom stereocenters. The van der Waals surface area contributed by atoms with Crippen molar-refractivity contribution in [1.29, 1.82) is 0 Å². The molecule has 0 saturated carbocycles.